The van der Waals surface area contributed by atoms with Crippen LogP contribution in [0.5, 0.6) is 0 Å². The van der Waals surface area contributed by atoms with Crippen molar-refractivity contribution in [2.45, 2.75) is 6.92 Å². The van der Waals surface area contributed by atoms with E-state index in [0.29, 0.717) is 28.0 Å². The molecule has 25 heavy (non-hydrogen) atoms. The zero-order valence-electron chi connectivity index (χ0n) is 13.7. The highest BCUT2D eigenvalue weighted by atomic mass is 16.1. The van der Waals surface area contributed by atoms with Gasteiger partial charge in [-0.1, -0.05) is 48.0 Å². The Morgan fingerprint density at radius 1 is 1.00 bits per heavy atom. The summed E-state index contributed by atoms with van der Waals surface area (Å²) in [6, 6.07) is 17.2. The maximum Gasteiger partial charge on any atom is 0.195 e. The molecule has 4 aromatic rings. The first-order valence-electron chi connectivity index (χ1n) is 7.98. The summed E-state index contributed by atoms with van der Waals surface area (Å²) in [5.41, 5.74) is 3.90. The quantitative estimate of drug-likeness (QED) is 0.550. The fraction of sp³-hybridized carbons (Fsp3) is 0.0500. The molecule has 2 aromatic heterocycles. The lowest BCUT2D eigenvalue weighted by atomic mass is 10.0. The van der Waals surface area contributed by atoms with Crippen LogP contribution < -0.4 is 5.32 Å². The lowest BCUT2D eigenvalue weighted by molar-refractivity contribution is 0.104. The number of ketones is 1. The summed E-state index contributed by atoms with van der Waals surface area (Å²) in [7, 11) is 0. The van der Waals surface area contributed by atoms with Crippen LogP contribution >= 0.6 is 0 Å². The predicted octanol–water partition coefficient (Wildman–Crippen LogP) is 4.24. The van der Waals surface area contributed by atoms with E-state index < -0.39 is 0 Å². The second-order valence-electron chi connectivity index (χ2n) is 5.83. The first-order chi connectivity index (χ1) is 12.2. The maximum absolute atomic E-state index is 12.9. The van der Waals surface area contributed by atoms with Gasteiger partial charge in [0, 0.05) is 17.4 Å². The fourth-order valence-corrected chi connectivity index (χ4v) is 2.76. The van der Waals surface area contributed by atoms with Crippen LogP contribution in [0.3, 0.4) is 0 Å². The molecule has 0 aliphatic heterocycles. The Balaban J connectivity index is 1.79. The van der Waals surface area contributed by atoms with E-state index in [1.54, 1.807) is 18.3 Å². The van der Waals surface area contributed by atoms with Crippen LogP contribution in [0.25, 0.3) is 11.0 Å². The van der Waals surface area contributed by atoms with Crippen LogP contribution in [0.4, 0.5) is 11.5 Å². The van der Waals surface area contributed by atoms with E-state index in [1.165, 1.54) is 11.9 Å². The summed E-state index contributed by atoms with van der Waals surface area (Å²) < 4.78 is 0. The van der Waals surface area contributed by atoms with Crippen molar-refractivity contribution in [3.05, 3.63) is 83.8 Å². The molecule has 0 saturated carbocycles. The number of carbonyl (C=O) groups is 1. The van der Waals surface area contributed by atoms with E-state index in [0.717, 1.165) is 5.69 Å². The summed E-state index contributed by atoms with van der Waals surface area (Å²) in [4.78, 5) is 24.5. The largest absolute Gasteiger partial charge is 0.345 e. The van der Waals surface area contributed by atoms with Crippen molar-refractivity contribution in [2.75, 3.05) is 5.32 Å². The van der Waals surface area contributed by atoms with Gasteiger partial charge in [0.05, 0.1) is 10.9 Å². The normalized spacial score (nSPS) is 10.8. The molecule has 0 unspecified atom stereocenters. The maximum atomic E-state index is 12.9. The van der Waals surface area contributed by atoms with Crippen molar-refractivity contribution in [3.63, 3.8) is 0 Å². The average Bonchev–Trinajstić information content (AvgIpc) is 3.09. The van der Waals surface area contributed by atoms with Crippen LogP contribution in [0, 0.1) is 6.92 Å². The van der Waals surface area contributed by atoms with Gasteiger partial charge in [-0.15, -0.1) is 0 Å². The smallest absolute Gasteiger partial charge is 0.195 e. The third-order valence-corrected chi connectivity index (χ3v) is 4.06. The second kappa shape index (κ2) is 6.20. The zero-order chi connectivity index (χ0) is 17.2. The number of fused-ring (bicyclic) bond motifs is 1. The number of aryl methyl sites for hydroxylation is 1. The number of aromatic amines is 1. The molecule has 0 aliphatic rings. The van der Waals surface area contributed by atoms with Gasteiger partial charge in [0.15, 0.2) is 5.78 Å². The molecular weight excluding hydrogens is 312 g/mol. The van der Waals surface area contributed by atoms with Crippen LogP contribution in [-0.4, -0.2) is 20.7 Å². The van der Waals surface area contributed by atoms with Crippen molar-refractivity contribution < 1.29 is 4.79 Å². The molecule has 0 amide bonds. The van der Waals surface area contributed by atoms with Gasteiger partial charge in [0.2, 0.25) is 0 Å². The summed E-state index contributed by atoms with van der Waals surface area (Å²) in [6.07, 6.45) is 3.17. The summed E-state index contributed by atoms with van der Waals surface area (Å²) >= 11 is 0. The Bertz CT molecular complexity index is 1040. The third-order valence-electron chi connectivity index (χ3n) is 4.06. The minimum atomic E-state index is -0.0615. The number of aromatic nitrogens is 3. The molecule has 0 atom stereocenters. The first-order valence-corrected chi connectivity index (χ1v) is 7.98. The molecule has 2 heterocycles. The number of carbonyl (C=O) groups excluding carboxylic acids is 1. The molecule has 0 aliphatic carbocycles. The number of anilines is 2. The van der Waals surface area contributed by atoms with Crippen molar-refractivity contribution in [3.8, 4) is 0 Å². The van der Waals surface area contributed by atoms with Gasteiger partial charge in [-0.2, -0.15) is 0 Å². The number of H-pyrrole nitrogens is 1. The Morgan fingerprint density at radius 3 is 2.52 bits per heavy atom. The molecule has 0 spiro atoms. The number of nitrogens with zero attached hydrogens (tertiary/aromatic N) is 2. The van der Waals surface area contributed by atoms with Gasteiger partial charge in [-0.25, -0.2) is 9.97 Å². The van der Waals surface area contributed by atoms with Crippen LogP contribution in [0.1, 0.15) is 21.5 Å². The van der Waals surface area contributed by atoms with E-state index in [2.05, 4.69) is 20.3 Å². The second-order valence-corrected chi connectivity index (χ2v) is 5.83. The number of nitrogens with one attached hydrogen (secondary N) is 2. The number of rotatable bonds is 4. The molecule has 0 fully saturated rings. The zero-order valence-corrected chi connectivity index (χ0v) is 13.7. The Morgan fingerprint density at radius 2 is 1.76 bits per heavy atom. The number of hydrogen-bond acceptors (Lipinski definition) is 4. The van der Waals surface area contributed by atoms with E-state index in [4.69, 9.17) is 0 Å². The van der Waals surface area contributed by atoms with Crippen molar-refractivity contribution in [2.24, 2.45) is 0 Å². The summed E-state index contributed by atoms with van der Waals surface area (Å²) in [6.45, 7) is 2.04. The minimum Gasteiger partial charge on any atom is -0.345 e. The lowest BCUT2D eigenvalue weighted by Gasteiger charge is -2.08. The van der Waals surface area contributed by atoms with Crippen LogP contribution in [-0.2, 0) is 0 Å². The lowest BCUT2D eigenvalue weighted by Crippen LogP contribution is -2.02. The molecule has 5 nitrogen and oxygen atoms in total. The van der Waals surface area contributed by atoms with Crippen molar-refractivity contribution in [1.29, 1.82) is 0 Å². The van der Waals surface area contributed by atoms with Gasteiger partial charge in [0.1, 0.15) is 17.8 Å². The molecule has 2 aromatic carbocycles. The topological polar surface area (TPSA) is 70.7 Å². The third kappa shape index (κ3) is 2.87. The monoisotopic (exact) mass is 328 g/mol. The highest BCUT2D eigenvalue weighted by Crippen LogP contribution is 2.27. The number of hydrogen-bond donors (Lipinski definition) is 2. The van der Waals surface area contributed by atoms with E-state index in [-0.39, 0.29) is 5.78 Å². The summed E-state index contributed by atoms with van der Waals surface area (Å²) in [5, 5.41) is 3.98. The Labute approximate surface area is 144 Å². The minimum absolute atomic E-state index is 0.0615. The number of benzene rings is 2. The van der Waals surface area contributed by atoms with Crippen molar-refractivity contribution in [1.82, 2.24) is 15.0 Å². The highest BCUT2D eigenvalue weighted by molar-refractivity contribution is 6.18. The predicted molar refractivity (Wildman–Crippen MR) is 98.2 cm³/mol. The summed E-state index contributed by atoms with van der Waals surface area (Å²) in [5.74, 6) is 0.544. The SMILES string of the molecule is Cc1ccc(Nc2ncnc3[nH]cc(C(=O)c4ccccc4)c23)cc1. The Hall–Kier alpha value is -3.47. The van der Waals surface area contributed by atoms with Crippen LogP contribution in [0.15, 0.2) is 67.1 Å². The van der Waals surface area contributed by atoms with Gasteiger partial charge in [-0.3, -0.25) is 4.79 Å². The highest BCUT2D eigenvalue weighted by Gasteiger charge is 2.18. The molecule has 0 bridgehead atoms. The Kier molecular flexibility index (Phi) is 3.74. The molecule has 0 saturated heterocycles. The van der Waals surface area contributed by atoms with Gasteiger partial charge >= 0.3 is 0 Å². The molecule has 122 valence electrons. The molecule has 0 radical (unpaired) electrons. The first kappa shape index (κ1) is 15.1. The van der Waals surface area contributed by atoms with Gasteiger partial charge in [-0.05, 0) is 19.1 Å². The molecular formula is C20H16N4O. The fourth-order valence-electron chi connectivity index (χ4n) is 2.76. The van der Waals surface area contributed by atoms with Gasteiger partial charge < -0.3 is 10.3 Å². The van der Waals surface area contributed by atoms with Crippen molar-refractivity contribution >= 4 is 28.3 Å². The molecule has 4 rings (SSSR count). The van der Waals surface area contributed by atoms with E-state index in [9.17, 15) is 4.79 Å². The van der Waals surface area contributed by atoms with Crippen LogP contribution in [0.2, 0.25) is 0 Å². The standard InChI is InChI=1S/C20H16N4O/c1-13-7-9-15(10-8-13)24-20-17-16(11-21-19(17)22-12-23-20)18(25)14-5-3-2-4-6-14/h2-12H,1H3,(H2,21,22,23,24). The van der Waals surface area contributed by atoms with Gasteiger partial charge in [0.25, 0.3) is 0 Å². The van der Waals surface area contributed by atoms with E-state index >= 15 is 0 Å². The molecule has 2 N–H and O–H groups in total. The van der Waals surface area contributed by atoms with E-state index in [1.807, 2.05) is 49.4 Å². The average molecular weight is 328 g/mol. The molecule has 5 heteroatoms.